The van der Waals surface area contributed by atoms with E-state index < -0.39 is 0 Å². The van der Waals surface area contributed by atoms with Crippen molar-refractivity contribution >= 4 is 17.5 Å². The van der Waals surface area contributed by atoms with Gasteiger partial charge in [-0.1, -0.05) is 23.7 Å². The number of ether oxygens (including phenoxy) is 3. The van der Waals surface area contributed by atoms with Gasteiger partial charge in [0.25, 0.3) is 5.91 Å². The van der Waals surface area contributed by atoms with Gasteiger partial charge in [0.15, 0.2) is 11.5 Å². The number of amides is 1. The van der Waals surface area contributed by atoms with Gasteiger partial charge in [-0.2, -0.15) is 0 Å². The van der Waals surface area contributed by atoms with Crippen LogP contribution in [-0.2, 0) is 6.54 Å². The molecule has 0 atom stereocenters. The Morgan fingerprint density at radius 3 is 2.45 bits per heavy atom. The van der Waals surface area contributed by atoms with Crippen LogP contribution < -0.4 is 19.5 Å². The third kappa shape index (κ3) is 6.28. The van der Waals surface area contributed by atoms with E-state index in [0.29, 0.717) is 41.2 Å². The molecule has 1 heterocycles. The van der Waals surface area contributed by atoms with E-state index in [4.69, 9.17) is 25.8 Å². The van der Waals surface area contributed by atoms with E-state index in [1.165, 1.54) is 12.7 Å². The third-order valence-corrected chi connectivity index (χ3v) is 5.88. The van der Waals surface area contributed by atoms with Gasteiger partial charge in [-0.3, -0.25) is 9.69 Å². The largest absolute Gasteiger partial charge is 0.497 e. The van der Waals surface area contributed by atoms with Crippen LogP contribution in [0.5, 0.6) is 17.2 Å². The number of carbonyl (C=O) groups is 1. The summed E-state index contributed by atoms with van der Waals surface area (Å²) in [6.45, 7) is 5.98. The van der Waals surface area contributed by atoms with Gasteiger partial charge in [0.1, 0.15) is 5.75 Å². The van der Waals surface area contributed by atoms with Crippen LogP contribution in [0.1, 0.15) is 35.7 Å². The Kier molecular flexibility index (Phi) is 8.43. The third-order valence-electron chi connectivity index (χ3n) is 5.60. The van der Waals surface area contributed by atoms with Gasteiger partial charge in [-0.25, -0.2) is 0 Å². The first-order valence-electron chi connectivity index (χ1n) is 10.7. The molecule has 0 spiro atoms. The molecule has 3 rings (SSSR count). The van der Waals surface area contributed by atoms with Crippen LogP contribution in [0.3, 0.4) is 0 Å². The second-order valence-corrected chi connectivity index (χ2v) is 8.11. The maximum absolute atomic E-state index is 12.6. The number of piperidine rings is 1. The molecule has 1 N–H and O–H groups in total. The second-order valence-electron chi connectivity index (χ2n) is 7.70. The topological polar surface area (TPSA) is 60.0 Å². The van der Waals surface area contributed by atoms with Crippen molar-refractivity contribution in [3.05, 3.63) is 52.5 Å². The summed E-state index contributed by atoms with van der Waals surface area (Å²) in [5, 5.41) is 3.42. The number of halogens is 1. The normalized spacial score (nSPS) is 14.8. The van der Waals surface area contributed by atoms with Crippen molar-refractivity contribution in [2.75, 3.05) is 40.5 Å². The minimum Gasteiger partial charge on any atom is -0.497 e. The van der Waals surface area contributed by atoms with Crippen molar-refractivity contribution in [1.82, 2.24) is 10.2 Å². The highest BCUT2D eigenvalue weighted by atomic mass is 35.5. The van der Waals surface area contributed by atoms with Gasteiger partial charge >= 0.3 is 0 Å². The molecule has 0 bridgehead atoms. The molecule has 2 aromatic rings. The summed E-state index contributed by atoms with van der Waals surface area (Å²) in [6.07, 6.45) is 2.12. The fraction of sp³-hybridized carbons (Fsp3) is 0.458. The van der Waals surface area contributed by atoms with E-state index in [1.54, 1.807) is 19.2 Å². The number of benzene rings is 2. The highest BCUT2D eigenvalue weighted by Gasteiger charge is 2.21. The fourth-order valence-electron chi connectivity index (χ4n) is 3.81. The van der Waals surface area contributed by atoms with Crippen LogP contribution >= 0.6 is 11.6 Å². The highest BCUT2D eigenvalue weighted by molar-refractivity contribution is 6.32. The Bertz CT molecular complexity index is 865. The van der Waals surface area contributed by atoms with E-state index in [-0.39, 0.29) is 5.91 Å². The quantitative estimate of drug-likeness (QED) is 0.618. The van der Waals surface area contributed by atoms with Crippen molar-refractivity contribution in [1.29, 1.82) is 0 Å². The molecule has 1 aliphatic rings. The summed E-state index contributed by atoms with van der Waals surface area (Å²) < 4.78 is 16.1. The smallest absolute Gasteiger partial charge is 0.251 e. The van der Waals surface area contributed by atoms with Gasteiger partial charge < -0.3 is 19.5 Å². The number of methoxy groups -OCH3 is 2. The Morgan fingerprint density at radius 1 is 1.13 bits per heavy atom. The average molecular weight is 447 g/mol. The molecule has 168 valence electrons. The maximum Gasteiger partial charge on any atom is 0.251 e. The van der Waals surface area contributed by atoms with Crippen molar-refractivity contribution in [3.8, 4) is 17.2 Å². The fourth-order valence-corrected chi connectivity index (χ4v) is 4.08. The van der Waals surface area contributed by atoms with Crippen molar-refractivity contribution < 1.29 is 19.0 Å². The van der Waals surface area contributed by atoms with Crippen LogP contribution in [0.4, 0.5) is 0 Å². The monoisotopic (exact) mass is 446 g/mol. The van der Waals surface area contributed by atoms with E-state index in [2.05, 4.69) is 22.3 Å². The molecule has 6 nitrogen and oxygen atoms in total. The lowest BCUT2D eigenvalue weighted by atomic mass is 9.96. The number of rotatable bonds is 9. The zero-order valence-corrected chi connectivity index (χ0v) is 19.2. The molecule has 0 unspecified atom stereocenters. The summed E-state index contributed by atoms with van der Waals surface area (Å²) >= 11 is 6.29. The Hall–Kier alpha value is -2.44. The van der Waals surface area contributed by atoms with E-state index in [9.17, 15) is 4.79 Å². The molecular weight excluding hydrogens is 416 g/mol. The molecule has 1 fully saturated rings. The van der Waals surface area contributed by atoms with Gasteiger partial charge in [0, 0.05) is 18.7 Å². The van der Waals surface area contributed by atoms with Gasteiger partial charge in [0.05, 0.1) is 25.8 Å². The van der Waals surface area contributed by atoms with Crippen LogP contribution in [0, 0.1) is 5.92 Å². The molecule has 1 saturated heterocycles. The van der Waals surface area contributed by atoms with Gasteiger partial charge in [-0.15, -0.1) is 0 Å². The van der Waals surface area contributed by atoms with E-state index in [1.807, 2.05) is 19.1 Å². The summed E-state index contributed by atoms with van der Waals surface area (Å²) in [7, 11) is 3.22. The SMILES string of the molecule is CCOc1c(Cl)cc(C(=O)NCC2CCN(Cc3ccc(OC)cc3)CC2)cc1OC. The van der Waals surface area contributed by atoms with Crippen molar-refractivity contribution in [3.63, 3.8) is 0 Å². The molecule has 7 heteroatoms. The lowest BCUT2D eigenvalue weighted by Gasteiger charge is -2.32. The molecule has 0 aromatic heterocycles. The Balaban J connectivity index is 1.48. The lowest BCUT2D eigenvalue weighted by molar-refractivity contribution is 0.0935. The molecule has 1 aliphatic heterocycles. The Labute approximate surface area is 189 Å². The zero-order valence-electron chi connectivity index (χ0n) is 18.4. The van der Waals surface area contributed by atoms with Crippen LogP contribution in [-0.4, -0.2) is 51.3 Å². The summed E-state index contributed by atoms with van der Waals surface area (Å²) in [6, 6.07) is 11.5. The van der Waals surface area contributed by atoms with Crippen LogP contribution in [0.15, 0.2) is 36.4 Å². The van der Waals surface area contributed by atoms with Gasteiger partial charge in [-0.05, 0) is 68.6 Å². The number of nitrogens with one attached hydrogen (secondary N) is 1. The van der Waals surface area contributed by atoms with Crippen LogP contribution in [0.25, 0.3) is 0 Å². The number of nitrogens with zero attached hydrogens (tertiary/aromatic N) is 1. The summed E-state index contributed by atoms with van der Waals surface area (Å²) in [4.78, 5) is 15.1. The summed E-state index contributed by atoms with van der Waals surface area (Å²) in [5.74, 6) is 2.13. The minimum atomic E-state index is -0.149. The molecular formula is C24H31ClN2O4. The Morgan fingerprint density at radius 2 is 1.84 bits per heavy atom. The number of likely N-dealkylation sites (tertiary alicyclic amines) is 1. The zero-order chi connectivity index (χ0) is 22.2. The predicted octanol–water partition coefficient (Wildman–Crippen LogP) is 4.40. The summed E-state index contributed by atoms with van der Waals surface area (Å²) in [5.41, 5.74) is 1.76. The predicted molar refractivity (Wildman–Crippen MR) is 123 cm³/mol. The molecule has 0 saturated carbocycles. The highest BCUT2D eigenvalue weighted by Crippen LogP contribution is 2.36. The first-order chi connectivity index (χ1) is 15.0. The van der Waals surface area contributed by atoms with Crippen molar-refractivity contribution in [2.45, 2.75) is 26.3 Å². The van der Waals surface area contributed by atoms with E-state index in [0.717, 1.165) is 38.2 Å². The molecule has 1 amide bonds. The van der Waals surface area contributed by atoms with E-state index >= 15 is 0 Å². The molecule has 2 aromatic carbocycles. The van der Waals surface area contributed by atoms with Gasteiger partial charge in [0.2, 0.25) is 0 Å². The number of hydrogen-bond acceptors (Lipinski definition) is 5. The standard InChI is InChI=1S/C24H31ClN2O4/c1-4-31-23-21(25)13-19(14-22(23)30-3)24(28)26-15-17-9-11-27(12-10-17)16-18-5-7-20(29-2)8-6-18/h5-8,13-14,17H,4,9-12,15-16H2,1-3H3,(H,26,28). The van der Waals surface area contributed by atoms with Crippen LogP contribution in [0.2, 0.25) is 5.02 Å². The number of hydrogen-bond donors (Lipinski definition) is 1. The van der Waals surface area contributed by atoms with Crippen molar-refractivity contribution in [2.24, 2.45) is 5.92 Å². The molecule has 31 heavy (non-hydrogen) atoms. The molecule has 0 radical (unpaired) electrons. The first-order valence-corrected chi connectivity index (χ1v) is 11.1. The lowest BCUT2D eigenvalue weighted by Crippen LogP contribution is -2.38. The number of carbonyl (C=O) groups excluding carboxylic acids is 1. The second kappa shape index (κ2) is 11.3. The maximum atomic E-state index is 12.6. The average Bonchev–Trinajstić information content (AvgIpc) is 2.80. The molecule has 0 aliphatic carbocycles. The minimum absolute atomic E-state index is 0.149. The first kappa shape index (κ1) is 23.2.